The number of aryl methyl sites for hydroxylation is 1. The van der Waals surface area contributed by atoms with Gasteiger partial charge < -0.3 is 14.8 Å². The molecule has 1 aliphatic rings. The zero-order valence-electron chi connectivity index (χ0n) is 20.5. The lowest BCUT2D eigenvalue weighted by Gasteiger charge is -2.34. The Balaban J connectivity index is 1.84. The maximum absolute atomic E-state index is 14.0. The highest BCUT2D eigenvalue weighted by molar-refractivity contribution is 7.10. The normalized spacial score (nSPS) is 14.4. The number of methoxy groups -OCH3 is 2. The second kappa shape index (κ2) is 11.4. The summed E-state index contributed by atoms with van der Waals surface area (Å²) in [6, 6.07) is 16.2. The van der Waals surface area contributed by atoms with Gasteiger partial charge >= 0.3 is 0 Å². The first-order valence-electron chi connectivity index (χ1n) is 11.9. The molecule has 184 valence electrons. The van der Waals surface area contributed by atoms with E-state index in [9.17, 15) is 9.59 Å². The summed E-state index contributed by atoms with van der Waals surface area (Å²) < 4.78 is 11.1. The van der Waals surface area contributed by atoms with Gasteiger partial charge in [-0.15, -0.1) is 11.3 Å². The van der Waals surface area contributed by atoms with Crippen molar-refractivity contribution in [3.63, 3.8) is 0 Å². The minimum Gasteiger partial charge on any atom is -0.497 e. The SMILES string of the molecule is COc1ccc(N(C(=O)Cc2cccs2)[C@H](C(=O)NC2CCCC2)c2ccccc2C)c(OC)c1. The number of carbonyl (C=O) groups is 2. The fraction of sp³-hybridized carbons (Fsp3) is 0.357. The third-order valence-corrected chi connectivity index (χ3v) is 7.39. The average Bonchev–Trinajstić information content (AvgIpc) is 3.57. The monoisotopic (exact) mass is 492 g/mol. The van der Waals surface area contributed by atoms with Crippen molar-refractivity contribution in [2.24, 2.45) is 0 Å². The zero-order chi connectivity index (χ0) is 24.8. The zero-order valence-corrected chi connectivity index (χ0v) is 21.3. The van der Waals surface area contributed by atoms with Crippen LogP contribution in [0.15, 0.2) is 60.0 Å². The van der Waals surface area contributed by atoms with Crippen molar-refractivity contribution in [2.75, 3.05) is 19.1 Å². The molecule has 3 aromatic rings. The molecule has 0 bridgehead atoms. The fourth-order valence-corrected chi connectivity index (χ4v) is 5.39. The van der Waals surface area contributed by atoms with Gasteiger partial charge in [0.25, 0.3) is 0 Å². The van der Waals surface area contributed by atoms with Crippen LogP contribution in [0.25, 0.3) is 0 Å². The van der Waals surface area contributed by atoms with Crippen molar-refractivity contribution in [2.45, 2.75) is 51.1 Å². The van der Waals surface area contributed by atoms with E-state index in [1.54, 1.807) is 37.3 Å². The molecule has 7 heteroatoms. The second-order valence-corrected chi connectivity index (χ2v) is 9.84. The summed E-state index contributed by atoms with van der Waals surface area (Å²) in [4.78, 5) is 30.4. The number of hydrogen-bond donors (Lipinski definition) is 1. The first kappa shape index (κ1) is 24.8. The van der Waals surface area contributed by atoms with E-state index in [-0.39, 0.29) is 24.3 Å². The molecule has 1 heterocycles. The topological polar surface area (TPSA) is 67.9 Å². The molecule has 0 radical (unpaired) electrons. The average molecular weight is 493 g/mol. The van der Waals surface area contributed by atoms with E-state index in [0.29, 0.717) is 17.2 Å². The van der Waals surface area contributed by atoms with Gasteiger partial charge in [0.05, 0.1) is 26.3 Å². The first-order chi connectivity index (χ1) is 17.0. The van der Waals surface area contributed by atoms with Crippen LogP contribution in [0.5, 0.6) is 11.5 Å². The Morgan fingerprint density at radius 2 is 1.83 bits per heavy atom. The number of nitrogens with zero attached hydrogens (tertiary/aromatic N) is 1. The van der Waals surface area contributed by atoms with E-state index in [4.69, 9.17) is 9.47 Å². The summed E-state index contributed by atoms with van der Waals surface area (Å²) in [7, 11) is 3.14. The molecular weight excluding hydrogens is 460 g/mol. The summed E-state index contributed by atoms with van der Waals surface area (Å²) in [5, 5.41) is 5.18. The van der Waals surface area contributed by atoms with Crippen LogP contribution < -0.4 is 19.7 Å². The molecule has 2 amide bonds. The van der Waals surface area contributed by atoms with Crippen LogP contribution in [0.2, 0.25) is 0 Å². The lowest BCUT2D eigenvalue weighted by molar-refractivity contribution is -0.127. The molecule has 1 aromatic heterocycles. The van der Waals surface area contributed by atoms with Crippen molar-refractivity contribution in [3.05, 3.63) is 76.0 Å². The number of amides is 2. The number of hydrogen-bond acceptors (Lipinski definition) is 5. The Morgan fingerprint density at radius 1 is 1.06 bits per heavy atom. The molecule has 1 aliphatic carbocycles. The van der Waals surface area contributed by atoms with Crippen molar-refractivity contribution in [1.29, 1.82) is 0 Å². The highest BCUT2D eigenvalue weighted by atomic mass is 32.1. The van der Waals surface area contributed by atoms with Crippen LogP contribution in [0.1, 0.15) is 47.7 Å². The molecule has 4 rings (SSSR count). The molecule has 1 atom stereocenters. The van der Waals surface area contributed by atoms with E-state index in [1.807, 2.05) is 48.7 Å². The largest absolute Gasteiger partial charge is 0.497 e. The third-order valence-electron chi connectivity index (χ3n) is 6.51. The van der Waals surface area contributed by atoms with E-state index >= 15 is 0 Å². The highest BCUT2D eigenvalue weighted by Crippen LogP contribution is 2.39. The van der Waals surface area contributed by atoms with Gasteiger partial charge in [-0.1, -0.05) is 43.2 Å². The van der Waals surface area contributed by atoms with Gasteiger partial charge in [0.1, 0.15) is 17.5 Å². The van der Waals surface area contributed by atoms with Crippen LogP contribution in [-0.2, 0) is 16.0 Å². The van der Waals surface area contributed by atoms with Crippen molar-refractivity contribution in [3.8, 4) is 11.5 Å². The number of anilines is 1. The second-order valence-electron chi connectivity index (χ2n) is 8.81. The maximum atomic E-state index is 14.0. The summed E-state index contributed by atoms with van der Waals surface area (Å²) in [5.41, 5.74) is 2.27. The van der Waals surface area contributed by atoms with Gasteiger partial charge in [-0.05, 0) is 54.5 Å². The summed E-state index contributed by atoms with van der Waals surface area (Å²) in [6.45, 7) is 1.97. The first-order valence-corrected chi connectivity index (χ1v) is 12.8. The van der Waals surface area contributed by atoms with Crippen LogP contribution in [0.4, 0.5) is 5.69 Å². The van der Waals surface area contributed by atoms with Crippen molar-refractivity contribution < 1.29 is 19.1 Å². The number of rotatable bonds is 9. The van der Waals surface area contributed by atoms with E-state index in [1.165, 1.54) is 11.3 Å². The Hall–Kier alpha value is -3.32. The Bertz CT molecular complexity index is 1160. The minimum atomic E-state index is -0.841. The molecule has 0 spiro atoms. The maximum Gasteiger partial charge on any atom is 0.248 e. The lowest BCUT2D eigenvalue weighted by atomic mass is 9.97. The fourth-order valence-electron chi connectivity index (χ4n) is 4.69. The number of nitrogens with one attached hydrogen (secondary N) is 1. The number of ether oxygens (including phenoxy) is 2. The summed E-state index contributed by atoms with van der Waals surface area (Å²) >= 11 is 1.53. The Morgan fingerprint density at radius 3 is 2.49 bits per heavy atom. The molecule has 0 aliphatic heterocycles. The number of benzene rings is 2. The quantitative estimate of drug-likeness (QED) is 0.431. The molecule has 35 heavy (non-hydrogen) atoms. The Labute approximate surface area is 210 Å². The van der Waals surface area contributed by atoms with Crippen LogP contribution in [-0.4, -0.2) is 32.1 Å². The molecule has 0 saturated heterocycles. The molecule has 1 fully saturated rings. The molecule has 0 unspecified atom stereocenters. The van der Waals surface area contributed by atoms with E-state index in [0.717, 1.165) is 41.7 Å². The van der Waals surface area contributed by atoms with Crippen molar-refractivity contribution in [1.82, 2.24) is 5.32 Å². The van der Waals surface area contributed by atoms with Crippen molar-refractivity contribution >= 4 is 28.8 Å². The van der Waals surface area contributed by atoms with Gasteiger partial charge in [-0.25, -0.2) is 0 Å². The van der Waals surface area contributed by atoms with Gasteiger partial charge in [0.15, 0.2) is 0 Å². The van der Waals surface area contributed by atoms with Gasteiger partial charge in [0.2, 0.25) is 11.8 Å². The molecular formula is C28H32N2O4S. The predicted molar refractivity (Wildman–Crippen MR) is 139 cm³/mol. The number of carbonyl (C=O) groups excluding carboxylic acids is 2. The summed E-state index contributed by atoms with van der Waals surface area (Å²) in [6.07, 6.45) is 4.31. The molecule has 6 nitrogen and oxygen atoms in total. The van der Waals surface area contributed by atoms with Crippen LogP contribution in [0.3, 0.4) is 0 Å². The van der Waals surface area contributed by atoms with Crippen LogP contribution in [0, 0.1) is 6.92 Å². The van der Waals surface area contributed by atoms with Gasteiger partial charge in [-0.2, -0.15) is 0 Å². The molecule has 2 aromatic carbocycles. The standard InChI is InChI=1S/C28H32N2O4S/c1-19-9-4-7-13-23(19)27(28(32)29-20-10-5-6-11-20)30(26(31)18-22-12-8-16-35-22)24-15-14-21(33-2)17-25(24)34-3/h4,7-9,12-17,20,27H,5-6,10-11,18H2,1-3H3,(H,29,32)/t27-/m0/s1. The predicted octanol–water partition coefficient (Wildman–Crippen LogP) is 5.45. The number of thiophene rings is 1. The van der Waals surface area contributed by atoms with E-state index < -0.39 is 6.04 Å². The lowest BCUT2D eigenvalue weighted by Crippen LogP contribution is -2.47. The molecule has 1 N–H and O–H groups in total. The minimum absolute atomic E-state index is 0.126. The Kier molecular flexibility index (Phi) is 8.08. The third kappa shape index (κ3) is 5.68. The van der Waals surface area contributed by atoms with Gasteiger partial charge in [-0.3, -0.25) is 14.5 Å². The van der Waals surface area contributed by atoms with E-state index in [2.05, 4.69) is 5.32 Å². The molecule has 1 saturated carbocycles. The smallest absolute Gasteiger partial charge is 0.248 e. The summed E-state index contributed by atoms with van der Waals surface area (Å²) in [5.74, 6) is 0.726. The van der Waals surface area contributed by atoms with Gasteiger partial charge in [0, 0.05) is 17.0 Å². The highest BCUT2D eigenvalue weighted by Gasteiger charge is 2.36. The van der Waals surface area contributed by atoms with Crippen LogP contribution >= 0.6 is 11.3 Å².